The van der Waals surface area contributed by atoms with E-state index in [2.05, 4.69) is 10.3 Å². The fraction of sp³-hybridized carbons (Fsp3) is 0.300. The fourth-order valence-corrected chi connectivity index (χ4v) is 0.981. The third-order valence-electron chi connectivity index (χ3n) is 1.68. The molecule has 0 radical (unpaired) electrons. The first kappa shape index (κ1) is 9.74. The SMILES string of the molecule is CC(=O)ONC(C)c1ccccc1. The van der Waals surface area contributed by atoms with Crippen molar-refractivity contribution in [1.29, 1.82) is 0 Å². The van der Waals surface area contributed by atoms with Crippen LogP contribution in [0.4, 0.5) is 0 Å². The van der Waals surface area contributed by atoms with Gasteiger partial charge < -0.3 is 4.84 Å². The number of rotatable bonds is 3. The first-order valence-corrected chi connectivity index (χ1v) is 4.18. The molecule has 1 rings (SSSR count). The Kier molecular flexibility index (Phi) is 3.46. The second-order valence-electron chi connectivity index (χ2n) is 2.84. The summed E-state index contributed by atoms with van der Waals surface area (Å²) in [5.41, 5.74) is 3.74. The summed E-state index contributed by atoms with van der Waals surface area (Å²) in [7, 11) is 0. The molecule has 0 bridgehead atoms. The van der Waals surface area contributed by atoms with E-state index in [0.717, 1.165) is 5.56 Å². The molecule has 0 aromatic heterocycles. The molecule has 1 aromatic rings. The van der Waals surface area contributed by atoms with Gasteiger partial charge in [0, 0.05) is 6.92 Å². The van der Waals surface area contributed by atoms with Crippen LogP contribution in [0, 0.1) is 0 Å². The third kappa shape index (κ3) is 3.25. The van der Waals surface area contributed by atoms with Gasteiger partial charge in [0.15, 0.2) is 0 Å². The zero-order valence-electron chi connectivity index (χ0n) is 7.78. The lowest BCUT2D eigenvalue weighted by atomic mass is 10.1. The van der Waals surface area contributed by atoms with Crippen molar-refractivity contribution in [2.24, 2.45) is 0 Å². The zero-order chi connectivity index (χ0) is 9.68. The number of carbonyl (C=O) groups is 1. The maximum atomic E-state index is 10.5. The van der Waals surface area contributed by atoms with E-state index in [1.54, 1.807) is 0 Å². The Morgan fingerprint density at radius 2 is 2.00 bits per heavy atom. The van der Waals surface area contributed by atoms with Crippen molar-refractivity contribution in [3.05, 3.63) is 35.9 Å². The minimum absolute atomic E-state index is 0.0186. The molecular formula is C10H13NO2. The standard InChI is InChI=1S/C10H13NO2/c1-8(11-13-9(2)12)10-6-4-3-5-7-10/h3-8,11H,1-2H3. The van der Waals surface area contributed by atoms with E-state index in [-0.39, 0.29) is 12.0 Å². The molecule has 3 nitrogen and oxygen atoms in total. The van der Waals surface area contributed by atoms with Crippen molar-refractivity contribution in [3.63, 3.8) is 0 Å². The van der Waals surface area contributed by atoms with E-state index < -0.39 is 0 Å². The van der Waals surface area contributed by atoms with Crippen LogP contribution in [-0.2, 0) is 9.63 Å². The van der Waals surface area contributed by atoms with Crippen LogP contribution in [-0.4, -0.2) is 5.97 Å². The lowest BCUT2D eigenvalue weighted by Crippen LogP contribution is -2.21. The van der Waals surface area contributed by atoms with Crippen LogP contribution in [0.3, 0.4) is 0 Å². The van der Waals surface area contributed by atoms with E-state index in [0.29, 0.717) is 0 Å². The molecule has 13 heavy (non-hydrogen) atoms. The van der Waals surface area contributed by atoms with Crippen molar-refractivity contribution in [1.82, 2.24) is 5.48 Å². The van der Waals surface area contributed by atoms with E-state index in [1.165, 1.54) is 6.92 Å². The predicted molar refractivity (Wildman–Crippen MR) is 49.8 cm³/mol. The molecule has 0 fully saturated rings. The molecule has 0 amide bonds. The van der Waals surface area contributed by atoms with Crippen LogP contribution in [0.2, 0.25) is 0 Å². The first-order chi connectivity index (χ1) is 6.20. The Balaban J connectivity index is 2.49. The van der Waals surface area contributed by atoms with E-state index in [1.807, 2.05) is 37.3 Å². The maximum absolute atomic E-state index is 10.5. The highest BCUT2D eigenvalue weighted by atomic mass is 16.7. The van der Waals surface area contributed by atoms with Gasteiger partial charge in [0.2, 0.25) is 0 Å². The average molecular weight is 179 g/mol. The van der Waals surface area contributed by atoms with Gasteiger partial charge in [-0.15, -0.1) is 5.48 Å². The summed E-state index contributed by atoms with van der Waals surface area (Å²) in [6, 6.07) is 9.80. The summed E-state index contributed by atoms with van der Waals surface area (Å²) in [6.45, 7) is 3.29. The molecule has 0 saturated heterocycles. The number of hydrogen-bond donors (Lipinski definition) is 1. The zero-order valence-corrected chi connectivity index (χ0v) is 7.78. The molecule has 3 heteroatoms. The Labute approximate surface area is 77.7 Å². The summed E-state index contributed by atoms with van der Waals surface area (Å²) in [6.07, 6.45) is 0. The van der Waals surface area contributed by atoms with Crippen LogP contribution in [0.1, 0.15) is 25.5 Å². The molecule has 70 valence electrons. The number of benzene rings is 1. The molecule has 1 N–H and O–H groups in total. The Bertz CT molecular complexity index is 272. The van der Waals surface area contributed by atoms with Gasteiger partial charge >= 0.3 is 5.97 Å². The van der Waals surface area contributed by atoms with E-state index >= 15 is 0 Å². The summed E-state index contributed by atoms with van der Waals surface area (Å²) >= 11 is 0. The molecule has 0 aliphatic heterocycles. The monoisotopic (exact) mass is 179 g/mol. The van der Waals surface area contributed by atoms with Gasteiger partial charge in [0.25, 0.3) is 0 Å². The summed E-state index contributed by atoms with van der Waals surface area (Å²) in [5, 5.41) is 0. The quantitative estimate of drug-likeness (QED) is 0.719. The minimum atomic E-state index is -0.331. The fourth-order valence-electron chi connectivity index (χ4n) is 0.981. The van der Waals surface area contributed by atoms with Crippen LogP contribution in [0.5, 0.6) is 0 Å². The Morgan fingerprint density at radius 3 is 2.54 bits per heavy atom. The molecule has 0 spiro atoms. The number of hydroxylamine groups is 1. The Hall–Kier alpha value is -1.35. The molecule has 0 saturated carbocycles. The minimum Gasteiger partial charge on any atom is -0.370 e. The second-order valence-corrected chi connectivity index (χ2v) is 2.84. The number of carbonyl (C=O) groups excluding carboxylic acids is 1. The van der Waals surface area contributed by atoms with Crippen LogP contribution >= 0.6 is 0 Å². The van der Waals surface area contributed by atoms with Gasteiger partial charge in [-0.3, -0.25) is 4.79 Å². The first-order valence-electron chi connectivity index (χ1n) is 4.18. The molecular weight excluding hydrogens is 166 g/mol. The molecule has 0 aliphatic carbocycles. The highest BCUT2D eigenvalue weighted by Crippen LogP contribution is 2.10. The molecule has 0 heterocycles. The summed E-state index contributed by atoms with van der Waals surface area (Å²) in [4.78, 5) is 15.2. The van der Waals surface area contributed by atoms with Crippen molar-refractivity contribution >= 4 is 5.97 Å². The van der Waals surface area contributed by atoms with Crippen molar-refractivity contribution in [3.8, 4) is 0 Å². The lowest BCUT2D eigenvalue weighted by molar-refractivity contribution is -0.150. The van der Waals surface area contributed by atoms with Crippen LogP contribution in [0.15, 0.2) is 30.3 Å². The lowest BCUT2D eigenvalue weighted by Gasteiger charge is -2.12. The van der Waals surface area contributed by atoms with Gasteiger partial charge in [0.05, 0.1) is 6.04 Å². The predicted octanol–water partition coefficient (Wildman–Crippen LogP) is 1.82. The van der Waals surface area contributed by atoms with Gasteiger partial charge in [-0.2, -0.15) is 0 Å². The highest BCUT2D eigenvalue weighted by Gasteiger charge is 2.04. The average Bonchev–Trinajstić information content (AvgIpc) is 2.15. The molecule has 1 aromatic carbocycles. The van der Waals surface area contributed by atoms with Gasteiger partial charge in [-0.1, -0.05) is 30.3 Å². The molecule has 0 aliphatic rings. The topological polar surface area (TPSA) is 38.3 Å². The maximum Gasteiger partial charge on any atom is 0.321 e. The van der Waals surface area contributed by atoms with E-state index in [9.17, 15) is 4.79 Å². The smallest absolute Gasteiger partial charge is 0.321 e. The molecule has 1 atom stereocenters. The highest BCUT2D eigenvalue weighted by molar-refractivity contribution is 5.65. The summed E-state index contributed by atoms with van der Waals surface area (Å²) in [5.74, 6) is -0.331. The van der Waals surface area contributed by atoms with Crippen LogP contribution < -0.4 is 5.48 Å². The Morgan fingerprint density at radius 1 is 1.38 bits per heavy atom. The normalized spacial score (nSPS) is 12.2. The van der Waals surface area contributed by atoms with Gasteiger partial charge in [0.1, 0.15) is 0 Å². The van der Waals surface area contributed by atoms with Crippen molar-refractivity contribution in [2.75, 3.05) is 0 Å². The summed E-state index contributed by atoms with van der Waals surface area (Å²) < 4.78 is 0. The van der Waals surface area contributed by atoms with Crippen LogP contribution in [0.25, 0.3) is 0 Å². The second kappa shape index (κ2) is 4.62. The number of hydrogen-bond acceptors (Lipinski definition) is 3. The third-order valence-corrected chi connectivity index (χ3v) is 1.68. The van der Waals surface area contributed by atoms with Crippen molar-refractivity contribution in [2.45, 2.75) is 19.9 Å². The van der Waals surface area contributed by atoms with Gasteiger partial charge in [-0.25, -0.2) is 0 Å². The van der Waals surface area contributed by atoms with E-state index in [4.69, 9.17) is 0 Å². The van der Waals surface area contributed by atoms with Crippen molar-refractivity contribution < 1.29 is 9.63 Å². The largest absolute Gasteiger partial charge is 0.370 e. The number of nitrogens with one attached hydrogen (secondary N) is 1. The molecule has 1 unspecified atom stereocenters. The van der Waals surface area contributed by atoms with Gasteiger partial charge in [-0.05, 0) is 12.5 Å².